The summed E-state index contributed by atoms with van der Waals surface area (Å²) in [6, 6.07) is 0. The van der Waals surface area contributed by atoms with Gasteiger partial charge in [-0.2, -0.15) is 18.2 Å². The topological polar surface area (TPSA) is 82.3 Å². The van der Waals surface area contributed by atoms with E-state index in [1.54, 1.807) is 6.92 Å². The second-order valence-electron chi connectivity index (χ2n) is 3.47. The van der Waals surface area contributed by atoms with Gasteiger partial charge in [-0.3, -0.25) is 0 Å². The Balaban J connectivity index is 2.39. The van der Waals surface area contributed by atoms with Crippen LogP contribution in [-0.4, -0.2) is 42.5 Å². The summed E-state index contributed by atoms with van der Waals surface area (Å²) in [4.78, 5) is 7.69. The lowest BCUT2D eigenvalue weighted by molar-refractivity contribution is -0.172. The Morgan fingerprint density at radius 1 is 1.37 bits per heavy atom. The monoisotopic (exact) mass is 280 g/mol. The molecule has 0 saturated carbocycles. The summed E-state index contributed by atoms with van der Waals surface area (Å²) >= 11 is 0. The molecule has 0 bridgehead atoms. The smallest absolute Gasteiger partial charge is 0.411 e. The minimum absolute atomic E-state index is 0.118. The Morgan fingerprint density at radius 2 is 2.11 bits per heavy atom. The van der Waals surface area contributed by atoms with Crippen LogP contribution in [0.5, 0.6) is 5.88 Å². The van der Waals surface area contributed by atoms with Crippen LogP contribution in [0, 0.1) is 0 Å². The Morgan fingerprint density at radius 3 is 2.74 bits per heavy atom. The zero-order valence-electron chi connectivity index (χ0n) is 10.3. The molecule has 19 heavy (non-hydrogen) atoms. The molecule has 0 unspecified atom stereocenters. The van der Waals surface area contributed by atoms with Gasteiger partial charge in [0.2, 0.25) is 5.88 Å². The maximum atomic E-state index is 11.8. The maximum absolute atomic E-state index is 11.8. The molecule has 108 valence electrons. The summed E-state index contributed by atoms with van der Waals surface area (Å²) in [7, 11) is 0. The fourth-order valence-corrected chi connectivity index (χ4v) is 1.20. The third kappa shape index (κ3) is 5.60. The lowest BCUT2D eigenvalue weighted by atomic mass is 10.4. The standard InChI is InChI=1S/C10H15F3N4O2/c1-2-19-9-7(14)8(16-6-17-9)15-3-4-18-5-10(11,12)13/h6H,2-5,14H2,1H3,(H,15,16,17). The summed E-state index contributed by atoms with van der Waals surface area (Å²) < 4.78 is 45.0. The van der Waals surface area contributed by atoms with Crippen LogP contribution in [0.1, 0.15) is 6.92 Å². The van der Waals surface area contributed by atoms with Gasteiger partial charge in [0.25, 0.3) is 0 Å². The SMILES string of the molecule is CCOc1ncnc(NCCOCC(F)(F)F)c1N. The first-order valence-corrected chi connectivity index (χ1v) is 5.55. The van der Waals surface area contributed by atoms with E-state index in [4.69, 9.17) is 10.5 Å². The maximum Gasteiger partial charge on any atom is 0.411 e. The van der Waals surface area contributed by atoms with Crippen LogP contribution in [0.2, 0.25) is 0 Å². The third-order valence-electron chi connectivity index (χ3n) is 1.93. The van der Waals surface area contributed by atoms with Crippen LogP contribution in [0.15, 0.2) is 6.33 Å². The molecule has 1 aromatic heterocycles. The molecular formula is C10H15F3N4O2. The Bertz CT molecular complexity index is 401. The van der Waals surface area contributed by atoms with Crippen molar-refractivity contribution in [3.8, 4) is 5.88 Å². The number of nitrogens with zero attached hydrogens (tertiary/aromatic N) is 2. The highest BCUT2D eigenvalue weighted by Gasteiger charge is 2.27. The van der Waals surface area contributed by atoms with Crippen LogP contribution in [-0.2, 0) is 4.74 Å². The number of rotatable bonds is 7. The zero-order valence-corrected chi connectivity index (χ0v) is 10.3. The van der Waals surface area contributed by atoms with Crippen molar-refractivity contribution in [1.82, 2.24) is 9.97 Å². The Labute approximate surface area is 108 Å². The molecule has 0 amide bonds. The van der Waals surface area contributed by atoms with E-state index < -0.39 is 12.8 Å². The number of anilines is 2. The van der Waals surface area contributed by atoms with Crippen molar-refractivity contribution in [3.05, 3.63) is 6.33 Å². The summed E-state index contributed by atoms with van der Waals surface area (Å²) in [5, 5.41) is 2.75. The number of hydrogen-bond donors (Lipinski definition) is 2. The van der Waals surface area contributed by atoms with Crippen molar-refractivity contribution < 1.29 is 22.6 Å². The van der Waals surface area contributed by atoms with E-state index in [9.17, 15) is 13.2 Å². The molecule has 1 rings (SSSR count). The third-order valence-corrected chi connectivity index (χ3v) is 1.93. The molecule has 6 nitrogen and oxygen atoms in total. The molecule has 0 aromatic carbocycles. The Hall–Kier alpha value is -1.77. The molecule has 0 atom stereocenters. The summed E-state index contributed by atoms with van der Waals surface area (Å²) in [5.74, 6) is 0.533. The lowest BCUT2D eigenvalue weighted by Gasteiger charge is -2.11. The van der Waals surface area contributed by atoms with Gasteiger partial charge >= 0.3 is 6.18 Å². The van der Waals surface area contributed by atoms with Gasteiger partial charge in [0.1, 0.15) is 18.6 Å². The van der Waals surface area contributed by atoms with E-state index in [0.717, 1.165) is 0 Å². The molecule has 9 heteroatoms. The number of nitrogens with two attached hydrogens (primary N) is 1. The molecule has 0 fully saturated rings. The van der Waals surface area contributed by atoms with Gasteiger partial charge in [0.05, 0.1) is 13.2 Å². The number of ether oxygens (including phenoxy) is 2. The molecule has 3 N–H and O–H groups in total. The largest absolute Gasteiger partial charge is 0.476 e. The summed E-state index contributed by atoms with van der Waals surface area (Å²) in [6.45, 7) is 0.920. The number of aromatic nitrogens is 2. The minimum Gasteiger partial charge on any atom is -0.476 e. The van der Waals surface area contributed by atoms with Gasteiger partial charge in [-0.05, 0) is 6.92 Å². The fourth-order valence-electron chi connectivity index (χ4n) is 1.20. The van der Waals surface area contributed by atoms with E-state index in [2.05, 4.69) is 20.0 Å². The van der Waals surface area contributed by atoms with Gasteiger partial charge in [0, 0.05) is 6.54 Å². The van der Waals surface area contributed by atoms with Crippen LogP contribution in [0.4, 0.5) is 24.7 Å². The van der Waals surface area contributed by atoms with E-state index >= 15 is 0 Å². The summed E-state index contributed by atoms with van der Waals surface area (Å²) in [6.07, 6.45) is -3.07. The zero-order chi connectivity index (χ0) is 14.3. The fraction of sp³-hybridized carbons (Fsp3) is 0.600. The van der Waals surface area contributed by atoms with Gasteiger partial charge < -0.3 is 20.5 Å². The van der Waals surface area contributed by atoms with Crippen molar-refractivity contribution >= 4 is 11.5 Å². The van der Waals surface area contributed by atoms with Crippen molar-refractivity contribution in [2.45, 2.75) is 13.1 Å². The van der Waals surface area contributed by atoms with E-state index in [0.29, 0.717) is 12.4 Å². The first-order valence-electron chi connectivity index (χ1n) is 5.55. The van der Waals surface area contributed by atoms with Crippen molar-refractivity contribution in [2.24, 2.45) is 0 Å². The van der Waals surface area contributed by atoms with Crippen molar-refractivity contribution in [1.29, 1.82) is 0 Å². The average molecular weight is 280 g/mol. The lowest BCUT2D eigenvalue weighted by Crippen LogP contribution is -2.20. The minimum atomic E-state index is -4.32. The molecule has 0 radical (unpaired) electrons. The highest BCUT2D eigenvalue weighted by Crippen LogP contribution is 2.24. The average Bonchev–Trinajstić information content (AvgIpc) is 2.32. The molecule has 0 aliphatic rings. The van der Waals surface area contributed by atoms with Crippen LogP contribution in [0.25, 0.3) is 0 Å². The van der Waals surface area contributed by atoms with Crippen LogP contribution in [0.3, 0.4) is 0 Å². The van der Waals surface area contributed by atoms with E-state index in [-0.39, 0.29) is 24.7 Å². The van der Waals surface area contributed by atoms with Crippen molar-refractivity contribution in [3.63, 3.8) is 0 Å². The van der Waals surface area contributed by atoms with Gasteiger partial charge in [-0.15, -0.1) is 0 Å². The molecular weight excluding hydrogens is 265 g/mol. The number of alkyl halides is 3. The van der Waals surface area contributed by atoms with Gasteiger partial charge in [0.15, 0.2) is 5.82 Å². The van der Waals surface area contributed by atoms with Gasteiger partial charge in [-0.1, -0.05) is 0 Å². The van der Waals surface area contributed by atoms with Crippen LogP contribution < -0.4 is 15.8 Å². The summed E-state index contributed by atoms with van der Waals surface area (Å²) in [5.41, 5.74) is 5.93. The molecule has 0 spiro atoms. The molecule has 1 aromatic rings. The number of nitrogens with one attached hydrogen (secondary N) is 1. The molecule has 1 heterocycles. The Kier molecular flexibility index (Phi) is 5.61. The van der Waals surface area contributed by atoms with Crippen molar-refractivity contribution in [2.75, 3.05) is 37.4 Å². The van der Waals surface area contributed by atoms with Gasteiger partial charge in [-0.25, -0.2) is 4.98 Å². The first kappa shape index (κ1) is 15.3. The number of hydrogen-bond acceptors (Lipinski definition) is 6. The molecule has 0 saturated heterocycles. The normalized spacial score (nSPS) is 11.4. The molecule has 0 aliphatic carbocycles. The highest BCUT2D eigenvalue weighted by molar-refractivity contribution is 5.66. The van der Waals surface area contributed by atoms with Crippen LogP contribution >= 0.6 is 0 Å². The predicted octanol–water partition coefficient (Wildman–Crippen LogP) is 1.45. The second-order valence-corrected chi connectivity index (χ2v) is 3.47. The highest BCUT2D eigenvalue weighted by atomic mass is 19.4. The quantitative estimate of drug-likeness (QED) is 0.736. The number of nitrogen functional groups attached to an aromatic ring is 1. The second kappa shape index (κ2) is 6.98. The first-order chi connectivity index (χ1) is 8.94. The van der Waals surface area contributed by atoms with E-state index in [1.165, 1.54) is 6.33 Å². The van der Waals surface area contributed by atoms with E-state index in [1.807, 2.05) is 0 Å². The molecule has 0 aliphatic heterocycles. The number of halogens is 3. The predicted molar refractivity (Wildman–Crippen MR) is 63.0 cm³/mol.